The number of amides is 2. The van der Waals surface area contributed by atoms with Crippen LogP contribution >= 0.6 is 0 Å². The Morgan fingerprint density at radius 2 is 1.86 bits per heavy atom. The van der Waals surface area contributed by atoms with E-state index in [1.54, 1.807) is 24.3 Å². The second kappa shape index (κ2) is 9.87. The van der Waals surface area contributed by atoms with Crippen molar-refractivity contribution in [1.29, 1.82) is 0 Å². The Balaban J connectivity index is 1.66. The SMILES string of the molecule is CCOc1ccc(NC(=O)CNC(=O)CCCc2nc(C(C)(C)C)no2)cc1. The van der Waals surface area contributed by atoms with Crippen molar-refractivity contribution in [2.75, 3.05) is 18.5 Å². The van der Waals surface area contributed by atoms with Crippen LogP contribution in [-0.4, -0.2) is 35.1 Å². The van der Waals surface area contributed by atoms with Crippen LogP contribution in [0.4, 0.5) is 5.69 Å². The maximum Gasteiger partial charge on any atom is 0.243 e. The van der Waals surface area contributed by atoms with Crippen LogP contribution in [0.3, 0.4) is 0 Å². The highest BCUT2D eigenvalue weighted by Crippen LogP contribution is 2.19. The molecular formula is C20H28N4O4. The van der Waals surface area contributed by atoms with Crippen LogP contribution in [0.1, 0.15) is 52.3 Å². The summed E-state index contributed by atoms with van der Waals surface area (Å²) in [7, 11) is 0. The maximum atomic E-state index is 11.9. The molecule has 1 aromatic carbocycles. The first-order chi connectivity index (χ1) is 13.3. The second-order valence-electron chi connectivity index (χ2n) is 7.40. The average Bonchev–Trinajstić information content (AvgIpc) is 3.11. The van der Waals surface area contributed by atoms with Crippen molar-refractivity contribution in [2.24, 2.45) is 0 Å². The Morgan fingerprint density at radius 1 is 1.14 bits per heavy atom. The summed E-state index contributed by atoms with van der Waals surface area (Å²) in [5.74, 6) is 1.43. The first-order valence-corrected chi connectivity index (χ1v) is 9.40. The Bertz CT molecular complexity index is 778. The van der Waals surface area contributed by atoms with E-state index in [0.29, 0.717) is 36.9 Å². The minimum Gasteiger partial charge on any atom is -0.494 e. The van der Waals surface area contributed by atoms with E-state index in [1.807, 2.05) is 27.7 Å². The van der Waals surface area contributed by atoms with Gasteiger partial charge in [0, 0.05) is 23.9 Å². The molecular weight excluding hydrogens is 360 g/mol. The van der Waals surface area contributed by atoms with Gasteiger partial charge in [-0.1, -0.05) is 25.9 Å². The molecule has 0 aliphatic rings. The molecule has 0 radical (unpaired) electrons. The summed E-state index contributed by atoms with van der Waals surface area (Å²) < 4.78 is 10.5. The molecule has 2 rings (SSSR count). The molecule has 8 heteroatoms. The molecule has 0 unspecified atom stereocenters. The Morgan fingerprint density at radius 3 is 2.46 bits per heavy atom. The van der Waals surface area contributed by atoms with Gasteiger partial charge in [0.15, 0.2) is 5.82 Å². The molecule has 152 valence electrons. The van der Waals surface area contributed by atoms with Gasteiger partial charge in [0.1, 0.15) is 5.75 Å². The molecule has 2 amide bonds. The number of aromatic nitrogens is 2. The van der Waals surface area contributed by atoms with E-state index in [1.165, 1.54) is 0 Å². The molecule has 28 heavy (non-hydrogen) atoms. The van der Waals surface area contributed by atoms with Crippen molar-refractivity contribution >= 4 is 17.5 Å². The number of benzene rings is 1. The summed E-state index contributed by atoms with van der Waals surface area (Å²) in [5.41, 5.74) is 0.476. The van der Waals surface area contributed by atoms with E-state index in [0.717, 1.165) is 5.75 Å². The number of ether oxygens (including phenoxy) is 1. The summed E-state index contributed by atoms with van der Waals surface area (Å²) in [6, 6.07) is 7.06. The van der Waals surface area contributed by atoms with Crippen LogP contribution in [0.2, 0.25) is 0 Å². The predicted molar refractivity (Wildman–Crippen MR) is 105 cm³/mol. The molecule has 0 spiro atoms. The van der Waals surface area contributed by atoms with Gasteiger partial charge in [0.2, 0.25) is 17.7 Å². The van der Waals surface area contributed by atoms with Crippen LogP contribution in [0.25, 0.3) is 0 Å². The second-order valence-corrected chi connectivity index (χ2v) is 7.40. The minimum atomic E-state index is -0.288. The van der Waals surface area contributed by atoms with E-state index < -0.39 is 0 Å². The highest BCUT2D eigenvalue weighted by molar-refractivity contribution is 5.94. The summed E-state index contributed by atoms with van der Waals surface area (Å²) in [6.07, 6.45) is 1.37. The topological polar surface area (TPSA) is 106 Å². The van der Waals surface area contributed by atoms with Gasteiger partial charge in [-0.05, 0) is 37.6 Å². The fourth-order valence-corrected chi connectivity index (χ4v) is 2.33. The molecule has 0 saturated heterocycles. The number of anilines is 1. The van der Waals surface area contributed by atoms with Gasteiger partial charge in [-0.15, -0.1) is 0 Å². The smallest absolute Gasteiger partial charge is 0.243 e. The van der Waals surface area contributed by atoms with Crippen LogP contribution in [0.15, 0.2) is 28.8 Å². The Labute approximate surface area is 165 Å². The Kier molecular flexibility index (Phi) is 7.54. The van der Waals surface area contributed by atoms with E-state index in [9.17, 15) is 9.59 Å². The summed E-state index contributed by atoms with van der Waals surface area (Å²) in [5, 5.41) is 9.28. The summed E-state index contributed by atoms with van der Waals surface area (Å²) in [4.78, 5) is 28.2. The van der Waals surface area contributed by atoms with Crippen molar-refractivity contribution in [2.45, 2.75) is 52.4 Å². The van der Waals surface area contributed by atoms with E-state index in [2.05, 4.69) is 20.8 Å². The minimum absolute atomic E-state index is 0.0826. The molecule has 1 aromatic heterocycles. The van der Waals surface area contributed by atoms with Crippen molar-refractivity contribution in [1.82, 2.24) is 15.5 Å². The molecule has 2 aromatic rings. The molecule has 0 aliphatic heterocycles. The maximum absolute atomic E-state index is 11.9. The quantitative estimate of drug-likeness (QED) is 0.684. The largest absolute Gasteiger partial charge is 0.494 e. The molecule has 0 aliphatic carbocycles. The first-order valence-electron chi connectivity index (χ1n) is 9.40. The first kappa shape index (κ1) is 21.4. The fourth-order valence-electron chi connectivity index (χ4n) is 2.33. The van der Waals surface area contributed by atoms with Crippen molar-refractivity contribution in [3.05, 3.63) is 36.0 Å². The van der Waals surface area contributed by atoms with E-state index in [4.69, 9.17) is 9.26 Å². The molecule has 0 saturated carbocycles. The molecule has 0 bridgehead atoms. The lowest BCUT2D eigenvalue weighted by Crippen LogP contribution is -2.32. The zero-order valence-electron chi connectivity index (χ0n) is 16.9. The van der Waals surface area contributed by atoms with Crippen LogP contribution in [0, 0.1) is 0 Å². The number of nitrogens with zero attached hydrogens (tertiary/aromatic N) is 2. The third-order valence-electron chi connectivity index (χ3n) is 3.83. The molecule has 1 heterocycles. The number of nitrogens with one attached hydrogen (secondary N) is 2. The van der Waals surface area contributed by atoms with Gasteiger partial charge in [-0.3, -0.25) is 9.59 Å². The van der Waals surface area contributed by atoms with E-state index >= 15 is 0 Å². The van der Waals surface area contributed by atoms with Crippen LogP contribution in [-0.2, 0) is 21.4 Å². The Hall–Kier alpha value is -2.90. The average molecular weight is 388 g/mol. The molecule has 8 nitrogen and oxygen atoms in total. The number of hydrogen-bond acceptors (Lipinski definition) is 6. The van der Waals surface area contributed by atoms with Crippen LogP contribution < -0.4 is 15.4 Å². The zero-order chi connectivity index (χ0) is 20.6. The fraction of sp³-hybridized carbons (Fsp3) is 0.500. The number of aryl methyl sites for hydroxylation is 1. The lowest BCUT2D eigenvalue weighted by molar-refractivity contribution is -0.124. The van der Waals surface area contributed by atoms with Gasteiger partial charge in [0.05, 0.1) is 13.2 Å². The standard InChI is InChI=1S/C20H28N4O4/c1-5-27-15-11-9-14(10-12-15)22-17(26)13-21-16(25)7-6-8-18-23-19(24-28-18)20(2,3)4/h9-12H,5-8,13H2,1-4H3,(H,21,25)(H,22,26). The third kappa shape index (κ3) is 7.02. The molecule has 0 fully saturated rings. The van der Waals surface area contributed by atoms with Crippen molar-refractivity contribution in [3.63, 3.8) is 0 Å². The highest BCUT2D eigenvalue weighted by atomic mass is 16.5. The number of carbonyl (C=O) groups excluding carboxylic acids is 2. The molecule has 2 N–H and O–H groups in total. The van der Waals surface area contributed by atoms with Gasteiger partial charge in [0.25, 0.3) is 0 Å². The lowest BCUT2D eigenvalue weighted by atomic mass is 9.96. The van der Waals surface area contributed by atoms with Gasteiger partial charge in [-0.25, -0.2) is 0 Å². The summed E-state index contributed by atoms with van der Waals surface area (Å²) >= 11 is 0. The predicted octanol–water partition coefficient (Wildman–Crippen LogP) is 2.84. The van der Waals surface area contributed by atoms with Crippen LogP contribution in [0.5, 0.6) is 5.75 Å². The van der Waals surface area contributed by atoms with Gasteiger partial charge >= 0.3 is 0 Å². The lowest BCUT2D eigenvalue weighted by Gasteiger charge is -2.10. The number of rotatable bonds is 9. The highest BCUT2D eigenvalue weighted by Gasteiger charge is 2.20. The monoisotopic (exact) mass is 388 g/mol. The third-order valence-corrected chi connectivity index (χ3v) is 3.83. The van der Waals surface area contributed by atoms with Gasteiger partial charge < -0.3 is 19.9 Å². The van der Waals surface area contributed by atoms with Crippen molar-refractivity contribution < 1.29 is 18.8 Å². The number of carbonyl (C=O) groups is 2. The van der Waals surface area contributed by atoms with Crippen molar-refractivity contribution in [3.8, 4) is 5.75 Å². The number of hydrogen-bond donors (Lipinski definition) is 2. The van der Waals surface area contributed by atoms with E-state index in [-0.39, 0.29) is 30.2 Å². The normalized spacial score (nSPS) is 11.1. The summed E-state index contributed by atoms with van der Waals surface area (Å²) in [6.45, 7) is 8.43. The molecule has 0 atom stereocenters. The zero-order valence-corrected chi connectivity index (χ0v) is 16.9. The van der Waals surface area contributed by atoms with Gasteiger partial charge in [-0.2, -0.15) is 4.98 Å².